The molecule has 0 saturated heterocycles. The van der Waals surface area contributed by atoms with Gasteiger partial charge in [-0.3, -0.25) is 10.1 Å². The minimum absolute atomic E-state index is 0.01000. The molecule has 0 radical (unpaired) electrons. The zero-order valence-corrected chi connectivity index (χ0v) is 8.40. The lowest BCUT2D eigenvalue weighted by molar-refractivity contribution is -0.385. The molecule has 2 rings (SSSR count). The van der Waals surface area contributed by atoms with Crippen LogP contribution in [0.15, 0.2) is 23.1 Å². The Hall–Kier alpha value is -1.47. The first-order chi connectivity index (χ1) is 6.92. The number of nitro benzene ring substituents is 1. The van der Waals surface area contributed by atoms with Crippen LogP contribution in [-0.4, -0.2) is 19.1 Å². The molecule has 7 heteroatoms. The third kappa shape index (κ3) is 1.49. The number of nitrogens with zero attached hydrogens (tertiary/aromatic N) is 1. The second-order valence-electron chi connectivity index (χ2n) is 3.37. The first kappa shape index (κ1) is 10.1. The number of sulfone groups is 1. The van der Waals surface area contributed by atoms with E-state index in [0.29, 0.717) is 5.56 Å². The molecular weight excluding hydrogens is 220 g/mol. The largest absolute Gasteiger partial charge is 0.323 e. The Morgan fingerprint density at radius 3 is 2.73 bits per heavy atom. The van der Waals surface area contributed by atoms with Crippen LogP contribution in [0.2, 0.25) is 0 Å². The summed E-state index contributed by atoms with van der Waals surface area (Å²) in [5.74, 6) is -0.177. The minimum atomic E-state index is -3.44. The molecule has 2 N–H and O–H groups in total. The van der Waals surface area contributed by atoms with Crippen molar-refractivity contribution in [3.63, 3.8) is 0 Å². The lowest BCUT2D eigenvalue weighted by Gasteiger charge is -2.00. The number of fused-ring (bicyclic) bond motifs is 1. The van der Waals surface area contributed by atoms with E-state index in [1.165, 1.54) is 12.1 Å². The maximum Gasteiger partial charge on any atom is 0.270 e. The predicted octanol–water partition coefficient (Wildman–Crippen LogP) is 0.382. The Morgan fingerprint density at radius 2 is 2.13 bits per heavy atom. The van der Waals surface area contributed by atoms with E-state index < -0.39 is 20.8 Å². The second-order valence-corrected chi connectivity index (χ2v) is 5.37. The number of rotatable bonds is 1. The third-order valence-corrected chi connectivity index (χ3v) is 4.16. The van der Waals surface area contributed by atoms with Crippen molar-refractivity contribution in [3.8, 4) is 0 Å². The van der Waals surface area contributed by atoms with Crippen molar-refractivity contribution in [2.24, 2.45) is 5.73 Å². The fourth-order valence-electron chi connectivity index (χ4n) is 1.63. The highest BCUT2D eigenvalue weighted by Crippen LogP contribution is 2.34. The molecule has 80 valence electrons. The van der Waals surface area contributed by atoms with Crippen LogP contribution >= 0.6 is 0 Å². The molecule has 0 amide bonds. The molecule has 0 fully saturated rings. The number of non-ortho nitro benzene ring substituents is 1. The summed E-state index contributed by atoms with van der Waals surface area (Å²) in [6.45, 7) is 0. The summed E-state index contributed by atoms with van der Waals surface area (Å²) in [4.78, 5) is 9.84. The summed E-state index contributed by atoms with van der Waals surface area (Å²) in [5.41, 5.74) is 5.83. The maximum atomic E-state index is 11.5. The summed E-state index contributed by atoms with van der Waals surface area (Å²) in [6, 6.07) is 3.16. The van der Waals surface area contributed by atoms with Crippen LogP contribution in [0.4, 0.5) is 5.69 Å². The Bertz CT molecular complexity index is 538. The van der Waals surface area contributed by atoms with Crippen molar-refractivity contribution in [3.05, 3.63) is 33.9 Å². The molecule has 0 unspecified atom stereocenters. The van der Waals surface area contributed by atoms with Crippen LogP contribution in [0.25, 0.3) is 0 Å². The predicted molar refractivity (Wildman–Crippen MR) is 52.1 cm³/mol. The van der Waals surface area contributed by atoms with Crippen molar-refractivity contribution in [2.75, 3.05) is 5.75 Å². The Kier molecular flexibility index (Phi) is 2.02. The van der Waals surface area contributed by atoms with Gasteiger partial charge in [-0.1, -0.05) is 0 Å². The van der Waals surface area contributed by atoms with Crippen molar-refractivity contribution >= 4 is 15.5 Å². The summed E-state index contributed by atoms with van der Waals surface area (Å²) < 4.78 is 23.1. The molecule has 1 atom stereocenters. The van der Waals surface area contributed by atoms with Gasteiger partial charge in [0.25, 0.3) is 5.69 Å². The van der Waals surface area contributed by atoms with E-state index in [0.717, 1.165) is 6.07 Å². The van der Waals surface area contributed by atoms with Crippen LogP contribution in [0.3, 0.4) is 0 Å². The van der Waals surface area contributed by atoms with E-state index in [1.54, 1.807) is 0 Å². The van der Waals surface area contributed by atoms with Gasteiger partial charge in [-0.05, 0) is 11.6 Å². The van der Waals surface area contributed by atoms with Crippen molar-refractivity contribution in [2.45, 2.75) is 10.9 Å². The van der Waals surface area contributed by atoms with E-state index in [9.17, 15) is 18.5 Å². The van der Waals surface area contributed by atoms with Crippen LogP contribution in [0.5, 0.6) is 0 Å². The fraction of sp³-hybridized carbons (Fsp3) is 0.250. The molecule has 15 heavy (non-hydrogen) atoms. The van der Waals surface area contributed by atoms with Crippen LogP contribution in [0, 0.1) is 10.1 Å². The molecule has 0 saturated carbocycles. The first-order valence-corrected chi connectivity index (χ1v) is 5.84. The molecular formula is C8H8N2O4S. The average molecular weight is 228 g/mol. The molecule has 1 aliphatic heterocycles. The van der Waals surface area contributed by atoms with E-state index >= 15 is 0 Å². The van der Waals surface area contributed by atoms with Crippen molar-refractivity contribution < 1.29 is 13.3 Å². The maximum absolute atomic E-state index is 11.5. The van der Waals surface area contributed by atoms with Crippen molar-refractivity contribution in [1.29, 1.82) is 0 Å². The fourth-order valence-corrected chi connectivity index (χ4v) is 3.34. The first-order valence-electron chi connectivity index (χ1n) is 4.18. The molecule has 6 nitrogen and oxygen atoms in total. The molecule has 0 aromatic heterocycles. The van der Waals surface area contributed by atoms with E-state index in [1.807, 2.05) is 0 Å². The number of nitro groups is 1. The molecule has 1 aromatic carbocycles. The van der Waals surface area contributed by atoms with Gasteiger partial charge in [0.15, 0.2) is 9.84 Å². The SMILES string of the molecule is N[C@@H]1CS(=O)(=O)c2cc([N+](=O)[O-])ccc21. The highest BCUT2D eigenvalue weighted by atomic mass is 32.2. The lowest BCUT2D eigenvalue weighted by Crippen LogP contribution is -2.11. The van der Waals surface area contributed by atoms with Gasteiger partial charge in [0.1, 0.15) is 0 Å². The monoisotopic (exact) mass is 228 g/mol. The number of hydrogen-bond acceptors (Lipinski definition) is 5. The van der Waals surface area contributed by atoms with Crippen LogP contribution in [-0.2, 0) is 9.84 Å². The molecule has 1 aliphatic rings. The summed E-state index contributed by atoms with van der Waals surface area (Å²) in [6.07, 6.45) is 0. The van der Waals surface area contributed by atoms with E-state index in [2.05, 4.69) is 0 Å². The number of nitrogens with two attached hydrogens (primary N) is 1. The zero-order valence-electron chi connectivity index (χ0n) is 7.58. The molecule has 0 bridgehead atoms. The number of hydrogen-bond donors (Lipinski definition) is 1. The second kappa shape index (κ2) is 3.01. The van der Waals surface area contributed by atoms with Crippen LogP contribution < -0.4 is 5.73 Å². The highest BCUT2D eigenvalue weighted by Gasteiger charge is 2.33. The van der Waals surface area contributed by atoms with E-state index in [4.69, 9.17) is 5.73 Å². The molecule has 0 aliphatic carbocycles. The van der Waals surface area contributed by atoms with Gasteiger partial charge in [-0.15, -0.1) is 0 Å². The van der Waals surface area contributed by atoms with E-state index in [-0.39, 0.29) is 16.3 Å². The smallest absolute Gasteiger partial charge is 0.270 e. The average Bonchev–Trinajstić information content (AvgIpc) is 2.37. The van der Waals surface area contributed by atoms with Gasteiger partial charge < -0.3 is 5.73 Å². The summed E-state index contributed by atoms with van der Waals surface area (Å²) in [7, 11) is -3.44. The van der Waals surface area contributed by atoms with Gasteiger partial charge >= 0.3 is 0 Å². The van der Waals surface area contributed by atoms with Gasteiger partial charge in [0.2, 0.25) is 0 Å². The quantitative estimate of drug-likeness (QED) is 0.552. The number of benzene rings is 1. The Balaban J connectivity index is 2.68. The van der Waals surface area contributed by atoms with Gasteiger partial charge in [0.05, 0.1) is 15.6 Å². The van der Waals surface area contributed by atoms with Gasteiger partial charge in [0, 0.05) is 18.2 Å². The van der Waals surface area contributed by atoms with Gasteiger partial charge in [-0.2, -0.15) is 0 Å². The molecule has 1 heterocycles. The highest BCUT2D eigenvalue weighted by molar-refractivity contribution is 7.91. The molecule has 1 aromatic rings. The molecule has 0 spiro atoms. The Morgan fingerprint density at radius 1 is 1.47 bits per heavy atom. The Labute approximate surface area is 85.8 Å². The summed E-state index contributed by atoms with van der Waals surface area (Å²) in [5, 5.41) is 10.5. The topological polar surface area (TPSA) is 103 Å². The standard InChI is InChI=1S/C8H8N2O4S/c9-7-4-15(13,14)8-3-5(10(11)12)1-2-6(7)8/h1-3,7H,4,9H2/t7-/m1/s1. The minimum Gasteiger partial charge on any atom is -0.323 e. The van der Waals surface area contributed by atoms with Crippen molar-refractivity contribution in [1.82, 2.24) is 0 Å². The van der Waals surface area contributed by atoms with Gasteiger partial charge in [-0.25, -0.2) is 8.42 Å². The lowest BCUT2D eigenvalue weighted by atomic mass is 10.1. The summed E-state index contributed by atoms with van der Waals surface area (Å²) >= 11 is 0. The zero-order chi connectivity index (χ0) is 11.2. The van der Waals surface area contributed by atoms with Crippen LogP contribution in [0.1, 0.15) is 11.6 Å². The normalized spacial score (nSPS) is 22.3. The third-order valence-electron chi connectivity index (χ3n) is 2.34.